The van der Waals surface area contributed by atoms with E-state index in [1.807, 2.05) is 0 Å². The van der Waals surface area contributed by atoms with Crippen LogP contribution >= 0.6 is 0 Å². The molecule has 3 heteroatoms. The average molecular weight is 317 g/mol. The first-order valence-corrected chi connectivity index (χ1v) is 8.81. The van der Waals surface area contributed by atoms with E-state index in [1.54, 1.807) is 0 Å². The smallest absolute Gasteiger partial charge is 0.307 e. The number of rotatable bonds is 7. The van der Waals surface area contributed by atoms with Gasteiger partial charge in [0.25, 0.3) is 0 Å². The van der Waals surface area contributed by atoms with Crippen LogP contribution in [-0.2, 0) is 17.6 Å². The van der Waals surface area contributed by atoms with E-state index in [1.165, 1.54) is 5.56 Å². The van der Waals surface area contributed by atoms with Crippen LogP contribution in [0.15, 0.2) is 24.3 Å². The van der Waals surface area contributed by atoms with Gasteiger partial charge in [-0.2, -0.15) is 0 Å². The van der Waals surface area contributed by atoms with Crippen LogP contribution in [0.25, 0.3) is 0 Å². The molecule has 1 aliphatic heterocycles. The van der Waals surface area contributed by atoms with Gasteiger partial charge in [0.15, 0.2) is 0 Å². The first kappa shape index (κ1) is 18.0. The molecule has 1 fully saturated rings. The molecule has 2 N–H and O–H groups in total. The largest absolute Gasteiger partial charge is 0.481 e. The number of aliphatic carboxylic acids is 1. The van der Waals surface area contributed by atoms with Gasteiger partial charge in [0.2, 0.25) is 0 Å². The third-order valence-electron chi connectivity index (χ3n) is 5.65. The van der Waals surface area contributed by atoms with Gasteiger partial charge in [-0.15, -0.1) is 0 Å². The average Bonchev–Trinajstić information content (AvgIpc) is 2.98. The quantitative estimate of drug-likeness (QED) is 0.805. The predicted molar refractivity (Wildman–Crippen MR) is 94.6 cm³/mol. The Hall–Kier alpha value is -1.35. The molecule has 0 bridgehead atoms. The summed E-state index contributed by atoms with van der Waals surface area (Å²) in [7, 11) is 0. The lowest BCUT2D eigenvalue weighted by Gasteiger charge is -2.29. The van der Waals surface area contributed by atoms with Crippen molar-refractivity contribution in [1.82, 2.24) is 5.32 Å². The standard InChI is InChI=1S/C20H31NO2/c1-14(2)20(3,4)12-16-7-5-6-15(10-16)11-18(19(22)23)17-8-9-21-13-17/h5-7,10,14,17-18,21H,8-9,11-13H2,1-4H3,(H,22,23)/t17-,18-/m0/s1. The number of carboxylic acid groups (broad SMARTS) is 1. The second-order valence-electron chi connectivity index (χ2n) is 8.04. The number of nitrogens with one attached hydrogen (secondary N) is 1. The zero-order chi connectivity index (χ0) is 17.0. The normalized spacial score (nSPS) is 20.0. The number of carbonyl (C=O) groups is 1. The molecule has 1 aliphatic rings. The van der Waals surface area contributed by atoms with E-state index in [9.17, 15) is 9.90 Å². The molecule has 0 radical (unpaired) electrons. The molecule has 1 aromatic rings. The highest BCUT2D eigenvalue weighted by molar-refractivity contribution is 5.71. The predicted octanol–water partition coefficient (Wildman–Crippen LogP) is 3.76. The van der Waals surface area contributed by atoms with Crippen LogP contribution in [0.3, 0.4) is 0 Å². The van der Waals surface area contributed by atoms with Crippen molar-refractivity contribution in [2.24, 2.45) is 23.2 Å². The summed E-state index contributed by atoms with van der Waals surface area (Å²) >= 11 is 0. The molecule has 0 spiro atoms. The van der Waals surface area contributed by atoms with Gasteiger partial charge < -0.3 is 10.4 Å². The minimum Gasteiger partial charge on any atom is -0.481 e. The Bertz CT molecular complexity index is 530. The molecular formula is C20H31NO2. The molecule has 2 rings (SSSR count). The molecule has 2 atom stereocenters. The summed E-state index contributed by atoms with van der Waals surface area (Å²) in [4.78, 5) is 11.7. The van der Waals surface area contributed by atoms with Gasteiger partial charge in [-0.05, 0) is 60.7 Å². The summed E-state index contributed by atoms with van der Waals surface area (Å²) in [6.45, 7) is 10.9. The van der Waals surface area contributed by atoms with E-state index < -0.39 is 5.97 Å². The molecule has 3 nitrogen and oxygen atoms in total. The zero-order valence-corrected chi connectivity index (χ0v) is 14.9. The Kier molecular flexibility index (Phi) is 5.85. The van der Waals surface area contributed by atoms with E-state index >= 15 is 0 Å². The highest BCUT2D eigenvalue weighted by Crippen LogP contribution is 2.31. The summed E-state index contributed by atoms with van der Waals surface area (Å²) in [5.74, 6) is -0.0734. The van der Waals surface area contributed by atoms with Gasteiger partial charge in [-0.1, -0.05) is 52.0 Å². The summed E-state index contributed by atoms with van der Waals surface area (Å²) in [6, 6.07) is 8.53. The fraction of sp³-hybridized carbons (Fsp3) is 0.650. The highest BCUT2D eigenvalue weighted by Gasteiger charge is 2.30. The molecule has 1 saturated heterocycles. The fourth-order valence-electron chi connectivity index (χ4n) is 3.33. The third-order valence-corrected chi connectivity index (χ3v) is 5.65. The summed E-state index contributed by atoms with van der Waals surface area (Å²) in [5.41, 5.74) is 2.72. The number of benzene rings is 1. The molecule has 23 heavy (non-hydrogen) atoms. The van der Waals surface area contributed by atoms with Crippen LogP contribution in [0.2, 0.25) is 0 Å². The number of hydrogen-bond acceptors (Lipinski definition) is 2. The van der Waals surface area contributed by atoms with Crippen molar-refractivity contribution >= 4 is 5.97 Å². The van der Waals surface area contributed by atoms with Crippen molar-refractivity contribution in [1.29, 1.82) is 0 Å². The second kappa shape index (κ2) is 7.48. The Morgan fingerprint density at radius 3 is 2.61 bits per heavy atom. The summed E-state index contributed by atoms with van der Waals surface area (Å²) < 4.78 is 0. The number of carboxylic acids is 1. The van der Waals surface area contributed by atoms with Crippen molar-refractivity contribution in [2.75, 3.05) is 13.1 Å². The van der Waals surface area contributed by atoms with Gasteiger partial charge >= 0.3 is 5.97 Å². The van der Waals surface area contributed by atoms with Crippen molar-refractivity contribution in [2.45, 2.75) is 47.0 Å². The van der Waals surface area contributed by atoms with Gasteiger partial charge in [0.1, 0.15) is 0 Å². The van der Waals surface area contributed by atoms with Crippen LogP contribution in [0, 0.1) is 23.2 Å². The molecule has 0 saturated carbocycles. The molecule has 0 amide bonds. The first-order chi connectivity index (χ1) is 10.8. The van der Waals surface area contributed by atoms with Crippen molar-refractivity contribution in [3.05, 3.63) is 35.4 Å². The first-order valence-electron chi connectivity index (χ1n) is 8.81. The van der Waals surface area contributed by atoms with Crippen molar-refractivity contribution in [3.8, 4) is 0 Å². The van der Waals surface area contributed by atoms with Gasteiger partial charge in [-0.3, -0.25) is 4.79 Å². The maximum Gasteiger partial charge on any atom is 0.307 e. The highest BCUT2D eigenvalue weighted by atomic mass is 16.4. The van der Waals surface area contributed by atoms with E-state index in [-0.39, 0.29) is 17.3 Å². The van der Waals surface area contributed by atoms with Crippen LogP contribution in [0.4, 0.5) is 0 Å². The van der Waals surface area contributed by atoms with E-state index in [2.05, 4.69) is 57.3 Å². The Balaban J connectivity index is 2.10. The molecule has 0 aliphatic carbocycles. The van der Waals surface area contributed by atoms with Crippen LogP contribution < -0.4 is 5.32 Å². The van der Waals surface area contributed by atoms with Gasteiger partial charge in [0.05, 0.1) is 5.92 Å². The summed E-state index contributed by atoms with van der Waals surface area (Å²) in [6.07, 6.45) is 2.63. The lowest BCUT2D eigenvalue weighted by atomic mass is 9.76. The van der Waals surface area contributed by atoms with Crippen molar-refractivity contribution < 1.29 is 9.90 Å². The minimum atomic E-state index is -0.661. The molecule has 1 aromatic carbocycles. The Morgan fingerprint density at radius 1 is 1.35 bits per heavy atom. The van der Waals surface area contributed by atoms with Crippen molar-refractivity contribution in [3.63, 3.8) is 0 Å². The van der Waals surface area contributed by atoms with Gasteiger partial charge in [-0.25, -0.2) is 0 Å². The molecular weight excluding hydrogens is 286 g/mol. The molecule has 0 unspecified atom stereocenters. The minimum absolute atomic E-state index is 0.250. The third kappa shape index (κ3) is 4.81. The molecule has 1 heterocycles. The summed E-state index contributed by atoms with van der Waals surface area (Å²) in [5, 5.41) is 12.9. The maximum atomic E-state index is 11.7. The van der Waals surface area contributed by atoms with E-state index in [0.29, 0.717) is 12.3 Å². The topological polar surface area (TPSA) is 49.3 Å². The second-order valence-corrected chi connectivity index (χ2v) is 8.04. The van der Waals surface area contributed by atoms with Crippen LogP contribution in [0.1, 0.15) is 45.2 Å². The SMILES string of the molecule is CC(C)C(C)(C)Cc1cccc(C[C@H](C(=O)O)[C@H]2CCNC2)c1. The van der Waals surface area contributed by atoms with Crippen LogP contribution in [0.5, 0.6) is 0 Å². The van der Waals surface area contributed by atoms with E-state index in [4.69, 9.17) is 0 Å². The zero-order valence-electron chi connectivity index (χ0n) is 14.9. The van der Waals surface area contributed by atoms with E-state index in [0.717, 1.165) is 31.5 Å². The lowest BCUT2D eigenvalue weighted by Crippen LogP contribution is -2.27. The Labute approximate surface area is 140 Å². The fourth-order valence-corrected chi connectivity index (χ4v) is 3.33. The Morgan fingerprint density at radius 2 is 2.04 bits per heavy atom. The van der Waals surface area contributed by atoms with Crippen LogP contribution in [-0.4, -0.2) is 24.2 Å². The lowest BCUT2D eigenvalue weighted by molar-refractivity contribution is -0.143. The number of hydrogen-bond donors (Lipinski definition) is 2. The molecule has 0 aromatic heterocycles. The molecule has 128 valence electrons. The maximum absolute atomic E-state index is 11.7. The monoisotopic (exact) mass is 317 g/mol. The van der Waals surface area contributed by atoms with Gasteiger partial charge in [0, 0.05) is 0 Å².